The molecular formula is C13H12FN5O4. The average molecular weight is 321 g/mol. The fourth-order valence-electron chi connectivity index (χ4n) is 1.65. The second kappa shape index (κ2) is 7.11. The van der Waals surface area contributed by atoms with E-state index in [1.165, 1.54) is 12.1 Å². The predicted molar refractivity (Wildman–Crippen MR) is 77.3 cm³/mol. The number of ether oxygens (including phenoxy) is 1. The molecule has 10 heteroatoms. The average Bonchev–Trinajstić information content (AvgIpc) is 2.53. The summed E-state index contributed by atoms with van der Waals surface area (Å²) in [5, 5.41) is 11.1. The number of rotatable bonds is 6. The van der Waals surface area contributed by atoms with Crippen molar-refractivity contribution in [3.63, 3.8) is 0 Å². The van der Waals surface area contributed by atoms with Gasteiger partial charge in [-0.2, -0.15) is 4.98 Å². The number of nitro groups is 1. The van der Waals surface area contributed by atoms with E-state index in [-0.39, 0.29) is 23.9 Å². The molecule has 0 spiro atoms. The Morgan fingerprint density at radius 3 is 2.65 bits per heavy atom. The number of carbonyl (C=O) groups excluding carboxylic acids is 1. The number of anilines is 1. The standard InChI is InChI=1S/C13H12FN5O4/c1-2-23-13-10(19(21)22)11(15-7-16-13)17-18-12(20)8-3-5-9(14)6-4-8/h3-7H,2H2,1H3,(H,18,20)(H,15,16,17). The van der Waals surface area contributed by atoms with E-state index in [2.05, 4.69) is 20.8 Å². The summed E-state index contributed by atoms with van der Waals surface area (Å²) in [5.74, 6) is -1.55. The zero-order valence-corrected chi connectivity index (χ0v) is 11.9. The second-order valence-corrected chi connectivity index (χ2v) is 4.15. The Labute approximate surface area is 129 Å². The molecule has 120 valence electrons. The van der Waals surface area contributed by atoms with E-state index in [1.54, 1.807) is 6.92 Å². The third kappa shape index (κ3) is 3.87. The molecule has 0 aliphatic carbocycles. The lowest BCUT2D eigenvalue weighted by Crippen LogP contribution is -2.30. The highest BCUT2D eigenvalue weighted by molar-refractivity contribution is 5.94. The number of hydrogen-bond acceptors (Lipinski definition) is 7. The normalized spacial score (nSPS) is 10.0. The van der Waals surface area contributed by atoms with Gasteiger partial charge in [-0.15, -0.1) is 0 Å². The summed E-state index contributed by atoms with van der Waals surface area (Å²) in [6.07, 6.45) is 1.06. The van der Waals surface area contributed by atoms with Crippen LogP contribution in [-0.2, 0) is 0 Å². The summed E-state index contributed by atoms with van der Waals surface area (Å²) in [6, 6.07) is 4.78. The highest BCUT2D eigenvalue weighted by atomic mass is 19.1. The minimum Gasteiger partial charge on any atom is -0.473 e. The van der Waals surface area contributed by atoms with Gasteiger partial charge >= 0.3 is 5.69 Å². The lowest BCUT2D eigenvalue weighted by atomic mass is 10.2. The molecule has 0 aliphatic heterocycles. The van der Waals surface area contributed by atoms with Crippen molar-refractivity contribution in [2.45, 2.75) is 6.92 Å². The Balaban J connectivity index is 2.16. The molecule has 0 bridgehead atoms. The van der Waals surface area contributed by atoms with E-state index in [9.17, 15) is 19.3 Å². The highest BCUT2D eigenvalue weighted by Crippen LogP contribution is 2.30. The van der Waals surface area contributed by atoms with Crippen LogP contribution in [0.15, 0.2) is 30.6 Å². The summed E-state index contributed by atoms with van der Waals surface area (Å²) in [6.45, 7) is 1.83. The number of amides is 1. The van der Waals surface area contributed by atoms with Gasteiger partial charge in [-0.25, -0.2) is 9.37 Å². The van der Waals surface area contributed by atoms with Gasteiger partial charge in [0.1, 0.15) is 12.1 Å². The lowest BCUT2D eigenvalue weighted by molar-refractivity contribution is -0.385. The Bertz CT molecular complexity index is 723. The molecule has 0 atom stereocenters. The van der Waals surface area contributed by atoms with Crippen molar-refractivity contribution in [3.05, 3.63) is 52.1 Å². The number of hydrazine groups is 1. The van der Waals surface area contributed by atoms with E-state index >= 15 is 0 Å². The van der Waals surface area contributed by atoms with Gasteiger partial charge in [0.2, 0.25) is 5.82 Å². The van der Waals surface area contributed by atoms with Crippen molar-refractivity contribution >= 4 is 17.4 Å². The van der Waals surface area contributed by atoms with Gasteiger partial charge in [0.05, 0.1) is 11.5 Å². The summed E-state index contributed by atoms with van der Waals surface area (Å²) in [4.78, 5) is 29.7. The number of carbonyl (C=O) groups is 1. The molecule has 1 aromatic carbocycles. The molecule has 0 fully saturated rings. The van der Waals surface area contributed by atoms with E-state index in [0.29, 0.717) is 0 Å². The molecule has 0 saturated heterocycles. The maximum atomic E-state index is 12.8. The first-order chi connectivity index (χ1) is 11.0. The van der Waals surface area contributed by atoms with Gasteiger partial charge in [0.25, 0.3) is 11.8 Å². The molecule has 1 aromatic heterocycles. The molecule has 2 N–H and O–H groups in total. The van der Waals surface area contributed by atoms with Crippen molar-refractivity contribution in [2.75, 3.05) is 12.0 Å². The van der Waals surface area contributed by atoms with Crippen LogP contribution in [0.1, 0.15) is 17.3 Å². The number of benzene rings is 1. The van der Waals surface area contributed by atoms with E-state index in [4.69, 9.17) is 4.74 Å². The molecule has 9 nitrogen and oxygen atoms in total. The van der Waals surface area contributed by atoms with Gasteiger partial charge in [-0.05, 0) is 31.2 Å². The fraction of sp³-hybridized carbons (Fsp3) is 0.154. The predicted octanol–water partition coefficient (Wildman–Crippen LogP) is 1.68. The fourth-order valence-corrected chi connectivity index (χ4v) is 1.65. The summed E-state index contributed by atoms with van der Waals surface area (Å²) >= 11 is 0. The van der Waals surface area contributed by atoms with Crippen LogP contribution in [0.4, 0.5) is 15.9 Å². The summed E-state index contributed by atoms with van der Waals surface area (Å²) < 4.78 is 17.9. The first-order valence-electron chi connectivity index (χ1n) is 6.47. The largest absolute Gasteiger partial charge is 0.473 e. The quantitative estimate of drug-likeness (QED) is 0.613. The minimum absolute atomic E-state index is 0.167. The van der Waals surface area contributed by atoms with Crippen molar-refractivity contribution < 1.29 is 18.8 Å². The second-order valence-electron chi connectivity index (χ2n) is 4.15. The summed E-state index contributed by atoms with van der Waals surface area (Å²) in [5.41, 5.74) is 4.24. The van der Waals surface area contributed by atoms with Crippen LogP contribution >= 0.6 is 0 Å². The van der Waals surface area contributed by atoms with Crippen molar-refractivity contribution in [2.24, 2.45) is 0 Å². The maximum Gasteiger partial charge on any atom is 0.374 e. The molecule has 2 rings (SSSR count). The zero-order chi connectivity index (χ0) is 16.8. The van der Waals surface area contributed by atoms with E-state index in [0.717, 1.165) is 18.5 Å². The van der Waals surface area contributed by atoms with Crippen molar-refractivity contribution in [3.8, 4) is 5.88 Å². The molecule has 0 unspecified atom stereocenters. The van der Waals surface area contributed by atoms with Gasteiger partial charge in [-0.3, -0.25) is 25.8 Å². The maximum absolute atomic E-state index is 12.8. The molecular weight excluding hydrogens is 309 g/mol. The Hall–Kier alpha value is -3.30. The number of nitrogens with zero attached hydrogens (tertiary/aromatic N) is 3. The number of halogens is 1. The van der Waals surface area contributed by atoms with Crippen molar-refractivity contribution in [1.82, 2.24) is 15.4 Å². The summed E-state index contributed by atoms with van der Waals surface area (Å²) in [7, 11) is 0. The van der Waals surface area contributed by atoms with Crippen LogP contribution in [0.25, 0.3) is 0 Å². The Morgan fingerprint density at radius 1 is 1.35 bits per heavy atom. The van der Waals surface area contributed by atoms with Crippen LogP contribution in [0.5, 0.6) is 5.88 Å². The van der Waals surface area contributed by atoms with Gasteiger partial charge in [-0.1, -0.05) is 0 Å². The third-order valence-corrected chi connectivity index (χ3v) is 2.65. The number of aromatic nitrogens is 2. The first-order valence-corrected chi connectivity index (χ1v) is 6.47. The first kappa shape index (κ1) is 16.1. The monoisotopic (exact) mass is 321 g/mol. The Kier molecular flexibility index (Phi) is 4.97. The molecule has 1 amide bonds. The third-order valence-electron chi connectivity index (χ3n) is 2.65. The van der Waals surface area contributed by atoms with Crippen molar-refractivity contribution in [1.29, 1.82) is 0 Å². The molecule has 1 heterocycles. The SMILES string of the molecule is CCOc1ncnc(NNC(=O)c2ccc(F)cc2)c1[N+](=O)[O-]. The van der Waals surface area contributed by atoms with Gasteiger partial charge in [0.15, 0.2) is 0 Å². The number of hydrogen-bond donors (Lipinski definition) is 2. The van der Waals surface area contributed by atoms with Gasteiger partial charge in [0, 0.05) is 5.56 Å². The van der Waals surface area contributed by atoms with E-state index < -0.39 is 22.3 Å². The van der Waals surface area contributed by atoms with E-state index in [1.807, 2.05) is 0 Å². The van der Waals surface area contributed by atoms with Crippen LogP contribution in [0.3, 0.4) is 0 Å². The molecule has 23 heavy (non-hydrogen) atoms. The molecule has 2 aromatic rings. The Morgan fingerprint density at radius 2 is 2.04 bits per heavy atom. The van der Waals surface area contributed by atoms with Crippen LogP contribution in [0, 0.1) is 15.9 Å². The zero-order valence-electron chi connectivity index (χ0n) is 11.9. The van der Waals surface area contributed by atoms with Crippen LogP contribution in [-0.4, -0.2) is 27.4 Å². The topological polar surface area (TPSA) is 119 Å². The van der Waals surface area contributed by atoms with Gasteiger partial charge < -0.3 is 4.74 Å². The van der Waals surface area contributed by atoms with Crippen LogP contribution in [0.2, 0.25) is 0 Å². The molecule has 0 saturated carbocycles. The van der Waals surface area contributed by atoms with Crippen LogP contribution < -0.4 is 15.6 Å². The number of nitrogens with one attached hydrogen (secondary N) is 2. The smallest absolute Gasteiger partial charge is 0.374 e. The highest BCUT2D eigenvalue weighted by Gasteiger charge is 2.24. The lowest BCUT2D eigenvalue weighted by Gasteiger charge is -2.09. The minimum atomic E-state index is -0.725. The molecule has 0 radical (unpaired) electrons. The molecule has 0 aliphatic rings.